The summed E-state index contributed by atoms with van der Waals surface area (Å²) in [4.78, 5) is 9.73. The molecule has 1 N–H and O–H groups in total. The summed E-state index contributed by atoms with van der Waals surface area (Å²) in [5.41, 5.74) is 0. The average molecular weight is 200 g/mol. The third kappa shape index (κ3) is 2.52. The number of amides is 1. The lowest BCUT2D eigenvalue weighted by molar-refractivity contribution is -0.120. The van der Waals surface area contributed by atoms with Crippen LogP contribution in [0.1, 0.15) is 13.8 Å². The van der Waals surface area contributed by atoms with Gasteiger partial charge in [0.05, 0.1) is 0 Å². The van der Waals surface area contributed by atoms with E-state index >= 15 is 0 Å². The molecule has 0 atom stereocenters. The Morgan fingerprint density at radius 3 is 2.12 bits per heavy atom. The Hall–Kier alpha value is 0.240. The van der Waals surface area contributed by atoms with Gasteiger partial charge in [-0.3, -0.25) is 9.14 Å². The highest BCUT2D eigenvalue weighted by molar-refractivity contribution is 9.08. The minimum atomic E-state index is -0.816. The number of carbonyl (C=O) groups excluding carboxylic acids is 1. The highest BCUT2D eigenvalue weighted by Gasteiger charge is 2.22. The Labute approximate surface area is 61.9 Å². The molecule has 0 aliphatic rings. The Balaban J connectivity index is 3.82. The quantitative estimate of drug-likeness (QED) is 0.504. The van der Waals surface area contributed by atoms with Gasteiger partial charge in [-0.15, -0.1) is 11.6 Å². The fraction of sp³-hybridized carbons (Fsp3) is 0.750. The Morgan fingerprint density at radius 2 is 2.12 bits per heavy atom. The molecule has 2 nitrogen and oxygen atoms in total. The van der Waals surface area contributed by atoms with Gasteiger partial charge in [-0.2, -0.15) is 0 Å². The van der Waals surface area contributed by atoms with Crippen LogP contribution in [-0.4, -0.2) is 10.8 Å². The maximum Gasteiger partial charge on any atom is 0.250 e. The largest absolute Gasteiger partial charge is 0.291 e. The maximum absolute atomic E-state index is 10.5. The lowest BCUT2D eigenvalue weighted by Crippen LogP contribution is -2.32. The first-order valence-corrected chi connectivity index (χ1v) is 3.25. The standard InChI is InChI=1S/C4H7BrClNO/c1-4(2,6)3(8)7-5/h1-2H3,(H,7,8). The van der Waals surface area contributed by atoms with Gasteiger partial charge < -0.3 is 0 Å². The fourth-order valence-corrected chi connectivity index (χ4v) is 0.769. The van der Waals surface area contributed by atoms with Crippen molar-refractivity contribution in [3.05, 3.63) is 0 Å². The summed E-state index contributed by atoms with van der Waals surface area (Å²) in [5, 5.41) is 0. The first-order chi connectivity index (χ1) is 3.48. The van der Waals surface area contributed by atoms with Crippen molar-refractivity contribution < 1.29 is 4.79 Å². The zero-order valence-corrected chi connectivity index (χ0v) is 7.01. The molecule has 0 bridgehead atoms. The lowest BCUT2D eigenvalue weighted by Gasteiger charge is -2.10. The van der Waals surface area contributed by atoms with Gasteiger partial charge in [0, 0.05) is 16.1 Å². The van der Waals surface area contributed by atoms with Gasteiger partial charge in [0.15, 0.2) is 0 Å². The van der Waals surface area contributed by atoms with Crippen LogP contribution in [0.25, 0.3) is 0 Å². The molecule has 0 saturated heterocycles. The van der Waals surface area contributed by atoms with Gasteiger partial charge in [-0.1, -0.05) is 0 Å². The zero-order chi connectivity index (χ0) is 6.78. The van der Waals surface area contributed by atoms with Crippen LogP contribution in [0.15, 0.2) is 0 Å². The van der Waals surface area contributed by atoms with E-state index in [1.807, 2.05) is 0 Å². The topological polar surface area (TPSA) is 29.1 Å². The number of halogens is 2. The monoisotopic (exact) mass is 199 g/mol. The second-order valence-corrected chi connectivity index (χ2v) is 3.24. The third-order valence-electron chi connectivity index (χ3n) is 0.626. The minimum Gasteiger partial charge on any atom is -0.291 e. The molecule has 0 aliphatic heterocycles. The highest BCUT2D eigenvalue weighted by Crippen LogP contribution is 2.11. The van der Waals surface area contributed by atoms with Gasteiger partial charge in [-0.25, -0.2) is 0 Å². The molecule has 1 amide bonds. The van der Waals surface area contributed by atoms with Crippen LogP contribution in [0.3, 0.4) is 0 Å². The number of rotatable bonds is 1. The molecular formula is C4H7BrClNO. The molecule has 0 aromatic carbocycles. The number of nitrogens with one attached hydrogen (secondary N) is 1. The first-order valence-electron chi connectivity index (χ1n) is 2.08. The zero-order valence-electron chi connectivity index (χ0n) is 4.66. The number of hydrogen-bond donors (Lipinski definition) is 1. The van der Waals surface area contributed by atoms with E-state index in [0.717, 1.165) is 0 Å². The molecule has 8 heavy (non-hydrogen) atoms. The van der Waals surface area contributed by atoms with Gasteiger partial charge in [0.1, 0.15) is 4.87 Å². The summed E-state index contributed by atoms with van der Waals surface area (Å²) < 4.78 is 2.25. The lowest BCUT2D eigenvalue weighted by atomic mass is 10.2. The SMILES string of the molecule is CC(C)(Cl)C(=O)NBr. The van der Waals surface area contributed by atoms with E-state index in [-0.39, 0.29) is 5.91 Å². The van der Waals surface area contributed by atoms with Gasteiger partial charge in [0.2, 0.25) is 5.91 Å². The van der Waals surface area contributed by atoms with Crippen molar-refractivity contribution in [1.29, 1.82) is 0 Å². The van der Waals surface area contributed by atoms with E-state index in [1.54, 1.807) is 13.8 Å². The van der Waals surface area contributed by atoms with E-state index in [4.69, 9.17) is 11.6 Å². The van der Waals surface area contributed by atoms with E-state index in [1.165, 1.54) is 0 Å². The average Bonchev–Trinajstić information content (AvgIpc) is 1.62. The van der Waals surface area contributed by atoms with E-state index in [9.17, 15) is 4.79 Å². The van der Waals surface area contributed by atoms with Crippen molar-refractivity contribution in [2.75, 3.05) is 0 Å². The molecule has 0 unspecified atom stereocenters. The van der Waals surface area contributed by atoms with Crippen LogP contribution in [0.2, 0.25) is 0 Å². The first kappa shape index (κ1) is 8.24. The van der Waals surface area contributed by atoms with Gasteiger partial charge >= 0.3 is 0 Å². The molecule has 0 heterocycles. The van der Waals surface area contributed by atoms with Crippen LogP contribution in [0.4, 0.5) is 0 Å². The molecule has 0 aliphatic carbocycles. The molecule has 0 spiro atoms. The fourth-order valence-electron chi connectivity index (χ4n) is 0.112. The Morgan fingerprint density at radius 1 is 1.75 bits per heavy atom. The van der Waals surface area contributed by atoms with Crippen molar-refractivity contribution in [2.24, 2.45) is 0 Å². The molecule has 0 aromatic heterocycles. The summed E-state index contributed by atoms with van der Waals surface area (Å²) >= 11 is 8.31. The second kappa shape index (κ2) is 2.69. The Kier molecular flexibility index (Phi) is 2.77. The Bertz CT molecular complexity index is 98.7. The molecule has 4 heteroatoms. The highest BCUT2D eigenvalue weighted by atomic mass is 79.9. The van der Waals surface area contributed by atoms with Crippen molar-refractivity contribution in [3.63, 3.8) is 0 Å². The van der Waals surface area contributed by atoms with Crippen molar-refractivity contribution in [1.82, 2.24) is 4.34 Å². The van der Waals surface area contributed by atoms with Crippen molar-refractivity contribution in [3.8, 4) is 0 Å². The predicted octanol–water partition coefficient (Wildman–Crippen LogP) is 1.43. The molecule has 0 aromatic rings. The molecule has 0 rings (SSSR count). The smallest absolute Gasteiger partial charge is 0.250 e. The number of carbonyl (C=O) groups is 1. The predicted molar refractivity (Wildman–Crippen MR) is 37.0 cm³/mol. The van der Waals surface area contributed by atoms with Gasteiger partial charge in [0.25, 0.3) is 0 Å². The molecular weight excluding hydrogens is 193 g/mol. The van der Waals surface area contributed by atoms with Gasteiger partial charge in [-0.05, 0) is 13.8 Å². The van der Waals surface area contributed by atoms with Crippen LogP contribution >= 0.6 is 27.7 Å². The third-order valence-corrected chi connectivity index (χ3v) is 1.16. The van der Waals surface area contributed by atoms with E-state index in [2.05, 4.69) is 20.5 Å². The summed E-state index contributed by atoms with van der Waals surface area (Å²) in [7, 11) is 0. The molecule has 0 fully saturated rings. The van der Waals surface area contributed by atoms with Crippen molar-refractivity contribution >= 4 is 33.7 Å². The number of alkyl halides is 1. The summed E-state index contributed by atoms with van der Waals surface area (Å²) in [6.45, 7) is 3.23. The molecule has 0 saturated carbocycles. The molecule has 0 radical (unpaired) electrons. The van der Waals surface area contributed by atoms with E-state index < -0.39 is 4.87 Å². The summed E-state index contributed by atoms with van der Waals surface area (Å²) in [6.07, 6.45) is 0. The molecule has 48 valence electrons. The normalized spacial score (nSPS) is 11.0. The summed E-state index contributed by atoms with van der Waals surface area (Å²) in [5.74, 6) is -0.237. The second-order valence-electron chi connectivity index (χ2n) is 1.90. The van der Waals surface area contributed by atoms with E-state index in [0.29, 0.717) is 0 Å². The summed E-state index contributed by atoms with van der Waals surface area (Å²) in [6, 6.07) is 0. The minimum absolute atomic E-state index is 0.237. The van der Waals surface area contributed by atoms with Crippen LogP contribution in [0.5, 0.6) is 0 Å². The van der Waals surface area contributed by atoms with Crippen LogP contribution < -0.4 is 4.34 Å². The van der Waals surface area contributed by atoms with Crippen LogP contribution in [-0.2, 0) is 4.79 Å². The maximum atomic E-state index is 10.5. The van der Waals surface area contributed by atoms with Crippen molar-refractivity contribution in [2.45, 2.75) is 18.7 Å². The number of hydrogen-bond acceptors (Lipinski definition) is 1. The van der Waals surface area contributed by atoms with Crippen LogP contribution in [0, 0.1) is 0 Å².